The van der Waals surface area contributed by atoms with Crippen LogP contribution in [0.4, 0.5) is 0 Å². The highest BCUT2D eigenvalue weighted by Crippen LogP contribution is 2.11. The Hall–Kier alpha value is 0.250. The van der Waals surface area contributed by atoms with Crippen LogP contribution in [0.3, 0.4) is 0 Å². The molecule has 0 saturated carbocycles. The van der Waals surface area contributed by atoms with E-state index in [4.69, 9.17) is 11.6 Å². The lowest BCUT2D eigenvalue weighted by Crippen LogP contribution is -2.24. The molecule has 0 bridgehead atoms. The number of hydrogen-bond donors (Lipinski definition) is 1. The van der Waals surface area contributed by atoms with Gasteiger partial charge in [-0.25, -0.2) is 0 Å². The van der Waals surface area contributed by atoms with Crippen molar-refractivity contribution in [3.63, 3.8) is 0 Å². The van der Waals surface area contributed by atoms with Crippen LogP contribution in [0.25, 0.3) is 0 Å². The van der Waals surface area contributed by atoms with Crippen molar-refractivity contribution < 1.29 is 0 Å². The summed E-state index contributed by atoms with van der Waals surface area (Å²) in [5.41, 5.74) is 0. The summed E-state index contributed by atoms with van der Waals surface area (Å²) < 4.78 is 0. The van der Waals surface area contributed by atoms with Gasteiger partial charge in [0, 0.05) is 5.88 Å². The molecule has 1 N–H and O–H groups in total. The Bertz CT molecular complexity index is 120. The van der Waals surface area contributed by atoms with E-state index in [1.54, 1.807) is 0 Å². The van der Waals surface area contributed by atoms with E-state index in [9.17, 15) is 0 Å². The number of halogens is 1. The van der Waals surface area contributed by atoms with Crippen LogP contribution in [0, 0.1) is 11.8 Å². The Kier molecular flexibility index (Phi) is 10.9. The minimum Gasteiger partial charge on any atom is -0.316 e. The Morgan fingerprint density at radius 2 is 1.87 bits per heavy atom. The van der Waals surface area contributed by atoms with E-state index in [1.165, 1.54) is 32.2 Å². The van der Waals surface area contributed by atoms with Gasteiger partial charge in [-0.1, -0.05) is 27.2 Å². The van der Waals surface area contributed by atoms with E-state index < -0.39 is 0 Å². The van der Waals surface area contributed by atoms with E-state index in [0.717, 1.165) is 30.7 Å². The molecule has 0 heterocycles. The van der Waals surface area contributed by atoms with Gasteiger partial charge in [0.1, 0.15) is 0 Å². The third-order valence-electron chi connectivity index (χ3n) is 2.78. The first kappa shape index (κ1) is 15.2. The van der Waals surface area contributed by atoms with Crippen molar-refractivity contribution >= 4 is 11.6 Å². The third-order valence-corrected chi connectivity index (χ3v) is 3.00. The zero-order chi connectivity index (χ0) is 11.5. The predicted octanol–water partition coefficient (Wildman–Crippen LogP) is 4.06. The normalized spacial score (nSPS) is 13.4. The van der Waals surface area contributed by atoms with Gasteiger partial charge < -0.3 is 5.32 Å². The van der Waals surface area contributed by atoms with Gasteiger partial charge in [0.05, 0.1) is 0 Å². The number of hydrogen-bond acceptors (Lipinski definition) is 1. The fourth-order valence-electron chi connectivity index (χ4n) is 1.85. The highest BCUT2D eigenvalue weighted by molar-refractivity contribution is 6.17. The molecule has 1 unspecified atom stereocenters. The van der Waals surface area contributed by atoms with E-state index >= 15 is 0 Å². The molecule has 0 spiro atoms. The lowest BCUT2D eigenvalue weighted by molar-refractivity contribution is 0.422. The van der Waals surface area contributed by atoms with Gasteiger partial charge >= 0.3 is 0 Å². The Morgan fingerprint density at radius 1 is 1.13 bits per heavy atom. The summed E-state index contributed by atoms with van der Waals surface area (Å²) in [5.74, 6) is 2.42. The van der Waals surface area contributed by atoms with Crippen LogP contribution in [0.2, 0.25) is 0 Å². The van der Waals surface area contributed by atoms with Crippen molar-refractivity contribution in [3.8, 4) is 0 Å². The average Bonchev–Trinajstić information content (AvgIpc) is 2.17. The molecule has 1 nitrogen and oxygen atoms in total. The maximum absolute atomic E-state index is 5.79. The van der Waals surface area contributed by atoms with E-state index in [-0.39, 0.29) is 0 Å². The largest absolute Gasteiger partial charge is 0.316 e. The lowest BCUT2D eigenvalue weighted by atomic mass is 10.0. The molecule has 15 heavy (non-hydrogen) atoms. The Morgan fingerprint density at radius 3 is 2.40 bits per heavy atom. The van der Waals surface area contributed by atoms with Crippen molar-refractivity contribution in [2.75, 3.05) is 19.0 Å². The van der Waals surface area contributed by atoms with Gasteiger partial charge in [-0.3, -0.25) is 0 Å². The molecule has 0 aliphatic rings. The molecule has 0 amide bonds. The topological polar surface area (TPSA) is 12.0 Å². The summed E-state index contributed by atoms with van der Waals surface area (Å²) in [6, 6.07) is 0. The van der Waals surface area contributed by atoms with Crippen LogP contribution in [0.15, 0.2) is 0 Å². The molecule has 0 fully saturated rings. The van der Waals surface area contributed by atoms with Crippen LogP contribution in [-0.2, 0) is 0 Å². The van der Waals surface area contributed by atoms with E-state index in [1.807, 2.05) is 0 Å². The summed E-state index contributed by atoms with van der Waals surface area (Å²) in [6.07, 6.45) is 6.38. The fraction of sp³-hybridized carbons (Fsp3) is 1.00. The lowest BCUT2D eigenvalue weighted by Gasteiger charge is -2.15. The molecule has 0 aliphatic carbocycles. The highest BCUT2D eigenvalue weighted by Gasteiger charge is 2.05. The van der Waals surface area contributed by atoms with Crippen molar-refractivity contribution in [2.24, 2.45) is 11.8 Å². The van der Waals surface area contributed by atoms with E-state index in [2.05, 4.69) is 26.1 Å². The molecule has 92 valence electrons. The highest BCUT2D eigenvalue weighted by atomic mass is 35.5. The Balaban J connectivity index is 3.36. The molecule has 0 rings (SSSR count). The van der Waals surface area contributed by atoms with Crippen molar-refractivity contribution in [2.45, 2.75) is 52.9 Å². The first-order chi connectivity index (χ1) is 7.20. The second-order valence-corrected chi connectivity index (χ2v) is 5.25. The number of alkyl halides is 1. The van der Waals surface area contributed by atoms with Gasteiger partial charge in [0.15, 0.2) is 0 Å². The van der Waals surface area contributed by atoms with Gasteiger partial charge in [-0.15, -0.1) is 11.6 Å². The smallest absolute Gasteiger partial charge is 0.0226 e. The summed E-state index contributed by atoms with van der Waals surface area (Å²) in [7, 11) is 0. The van der Waals surface area contributed by atoms with Crippen LogP contribution in [-0.4, -0.2) is 19.0 Å². The first-order valence-corrected chi connectivity index (χ1v) is 7.00. The summed E-state index contributed by atoms with van der Waals surface area (Å²) in [5, 5.41) is 3.55. The van der Waals surface area contributed by atoms with Crippen molar-refractivity contribution in [3.05, 3.63) is 0 Å². The van der Waals surface area contributed by atoms with Gasteiger partial charge in [0.2, 0.25) is 0 Å². The molecule has 0 aromatic rings. The quantitative estimate of drug-likeness (QED) is 0.443. The number of nitrogens with one attached hydrogen (secondary N) is 1. The average molecular weight is 234 g/mol. The summed E-state index contributed by atoms with van der Waals surface area (Å²) in [6.45, 7) is 9.14. The summed E-state index contributed by atoms with van der Waals surface area (Å²) in [4.78, 5) is 0. The molecule has 2 heteroatoms. The van der Waals surface area contributed by atoms with E-state index in [0.29, 0.717) is 0 Å². The van der Waals surface area contributed by atoms with Crippen LogP contribution in [0.1, 0.15) is 52.9 Å². The maximum Gasteiger partial charge on any atom is 0.0226 e. The summed E-state index contributed by atoms with van der Waals surface area (Å²) >= 11 is 5.79. The standard InChI is InChI=1S/C13H28ClN/c1-4-6-13(8-9-14)11-15-10-5-7-12(2)3/h12-13,15H,4-11H2,1-3H3. The predicted molar refractivity (Wildman–Crippen MR) is 70.7 cm³/mol. The second kappa shape index (κ2) is 10.8. The van der Waals surface area contributed by atoms with Gasteiger partial charge in [-0.05, 0) is 50.6 Å². The molecular formula is C13H28ClN. The van der Waals surface area contributed by atoms with Crippen molar-refractivity contribution in [1.82, 2.24) is 5.32 Å². The maximum atomic E-state index is 5.79. The van der Waals surface area contributed by atoms with Crippen LogP contribution < -0.4 is 5.32 Å². The molecule has 0 radical (unpaired) electrons. The SMILES string of the molecule is CCCC(CCCl)CNCCCC(C)C. The zero-order valence-electron chi connectivity index (χ0n) is 10.7. The van der Waals surface area contributed by atoms with Gasteiger partial charge in [0.25, 0.3) is 0 Å². The second-order valence-electron chi connectivity index (χ2n) is 4.87. The fourth-order valence-corrected chi connectivity index (χ4v) is 2.16. The third kappa shape index (κ3) is 10.5. The van der Waals surface area contributed by atoms with Crippen LogP contribution >= 0.6 is 11.6 Å². The molecule has 0 aromatic carbocycles. The Labute approximate surface area is 101 Å². The number of rotatable bonds is 10. The molecular weight excluding hydrogens is 206 g/mol. The molecule has 1 atom stereocenters. The zero-order valence-corrected chi connectivity index (χ0v) is 11.4. The molecule has 0 saturated heterocycles. The monoisotopic (exact) mass is 233 g/mol. The minimum absolute atomic E-state index is 0.784. The molecule has 0 aromatic heterocycles. The minimum atomic E-state index is 0.784. The first-order valence-electron chi connectivity index (χ1n) is 6.47. The van der Waals surface area contributed by atoms with Crippen molar-refractivity contribution in [1.29, 1.82) is 0 Å². The van der Waals surface area contributed by atoms with Gasteiger partial charge in [-0.2, -0.15) is 0 Å². The molecule has 0 aliphatic heterocycles. The van der Waals surface area contributed by atoms with Crippen LogP contribution in [0.5, 0.6) is 0 Å².